The number of amides is 2. The number of halogens is 4. The Morgan fingerprint density at radius 3 is 2.10 bits per heavy atom. The highest BCUT2D eigenvalue weighted by Crippen LogP contribution is 2.20. The van der Waals surface area contributed by atoms with Crippen molar-refractivity contribution in [2.75, 3.05) is 6.67 Å². The number of aliphatic imine (C=N–C) groups is 1. The van der Waals surface area contributed by atoms with Gasteiger partial charge in [-0.15, -0.1) is 0 Å². The number of nitrogens with one attached hydrogen (secondary N) is 1. The number of nitrogens with two attached hydrogens (primary N) is 2. The van der Waals surface area contributed by atoms with Crippen molar-refractivity contribution in [3.63, 3.8) is 0 Å². The molecule has 0 aliphatic heterocycles. The number of carboxylic acid groups (broad SMARTS) is 1. The summed E-state index contributed by atoms with van der Waals surface area (Å²) >= 11 is 0. The molecule has 0 aliphatic rings. The first-order chi connectivity index (χ1) is 14.5. The van der Waals surface area contributed by atoms with Crippen molar-refractivity contribution in [2.45, 2.75) is 12.2 Å². The molecular weight excluding hydrogens is 424 g/mol. The number of benzene rings is 2. The van der Waals surface area contributed by atoms with Crippen molar-refractivity contribution in [3.05, 3.63) is 65.7 Å². The number of hydrogen-bond acceptors (Lipinski definition) is 4. The first-order valence-electron chi connectivity index (χ1n) is 8.40. The fourth-order valence-electron chi connectivity index (χ4n) is 2.09. The second-order valence-electron chi connectivity index (χ2n) is 5.81. The van der Waals surface area contributed by atoms with Crippen LogP contribution in [0, 0.1) is 0 Å². The number of primary amides is 1. The molecule has 0 bridgehead atoms. The van der Waals surface area contributed by atoms with Crippen LogP contribution in [0.25, 0.3) is 0 Å². The Morgan fingerprint density at radius 1 is 1.03 bits per heavy atom. The summed E-state index contributed by atoms with van der Waals surface area (Å²) in [5.41, 5.74) is 12.0. The lowest BCUT2D eigenvalue weighted by molar-refractivity contribution is -0.192. The van der Waals surface area contributed by atoms with Crippen molar-refractivity contribution in [1.82, 2.24) is 5.32 Å². The van der Waals surface area contributed by atoms with Gasteiger partial charge in [-0.2, -0.15) is 13.2 Å². The first kappa shape index (κ1) is 25.1. The molecule has 2 amide bonds. The molecule has 0 saturated carbocycles. The van der Waals surface area contributed by atoms with E-state index in [0.29, 0.717) is 16.8 Å². The molecule has 6 N–H and O–H groups in total. The highest BCUT2D eigenvalue weighted by atomic mass is 19.4. The third-order valence-corrected chi connectivity index (χ3v) is 3.45. The fourth-order valence-corrected chi connectivity index (χ4v) is 2.09. The van der Waals surface area contributed by atoms with E-state index in [1.807, 2.05) is 0 Å². The minimum Gasteiger partial charge on any atom is -0.475 e. The molecule has 1 atom stereocenters. The molecule has 0 aliphatic carbocycles. The maximum Gasteiger partial charge on any atom is 0.490 e. The van der Waals surface area contributed by atoms with Crippen LogP contribution in [0.3, 0.4) is 0 Å². The van der Waals surface area contributed by atoms with Gasteiger partial charge in [0.25, 0.3) is 5.91 Å². The van der Waals surface area contributed by atoms with Gasteiger partial charge in [0.05, 0.1) is 5.69 Å². The van der Waals surface area contributed by atoms with E-state index < -0.39 is 36.7 Å². The first-order valence-corrected chi connectivity index (χ1v) is 8.40. The molecule has 0 heterocycles. The summed E-state index contributed by atoms with van der Waals surface area (Å²) in [4.78, 5) is 36.7. The molecule has 0 spiro atoms. The van der Waals surface area contributed by atoms with Crippen LogP contribution in [0.2, 0.25) is 0 Å². The monoisotopic (exact) mass is 442 g/mol. The summed E-state index contributed by atoms with van der Waals surface area (Å²) < 4.78 is 44.2. The van der Waals surface area contributed by atoms with Gasteiger partial charge in [0, 0.05) is 5.56 Å². The van der Waals surface area contributed by atoms with Gasteiger partial charge in [-0.25, -0.2) is 14.2 Å². The summed E-state index contributed by atoms with van der Waals surface area (Å²) in [6.07, 6.45) is -5.08. The lowest BCUT2D eigenvalue weighted by Gasteiger charge is -2.16. The topological polar surface area (TPSA) is 148 Å². The summed E-state index contributed by atoms with van der Waals surface area (Å²) in [6, 6.07) is 13.7. The zero-order valence-corrected chi connectivity index (χ0v) is 15.8. The van der Waals surface area contributed by atoms with Crippen LogP contribution in [0.1, 0.15) is 22.0 Å². The second kappa shape index (κ2) is 11.3. The van der Waals surface area contributed by atoms with E-state index in [1.165, 1.54) is 6.07 Å². The Labute approximate surface area is 173 Å². The molecule has 0 aromatic heterocycles. The lowest BCUT2D eigenvalue weighted by Crippen LogP contribution is -2.37. The number of carbonyl (C=O) groups is 3. The normalized spacial score (nSPS) is 12.2. The molecule has 2 aromatic carbocycles. The van der Waals surface area contributed by atoms with Gasteiger partial charge < -0.3 is 21.9 Å². The summed E-state index contributed by atoms with van der Waals surface area (Å²) in [5.74, 6) is -4.10. The van der Waals surface area contributed by atoms with E-state index in [0.717, 1.165) is 0 Å². The summed E-state index contributed by atoms with van der Waals surface area (Å²) in [6.45, 7) is -0.881. The number of nitrogens with zero attached hydrogens (tertiary/aromatic N) is 1. The third-order valence-electron chi connectivity index (χ3n) is 3.45. The number of rotatable bonds is 6. The van der Waals surface area contributed by atoms with Gasteiger partial charge in [-0.05, 0) is 29.8 Å². The lowest BCUT2D eigenvalue weighted by atomic mass is 10.0. The van der Waals surface area contributed by atoms with E-state index in [1.54, 1.807) is 48.5 Å². The molecule has 0 unspecified atom stereocenters. The highest BCUT2D eigenvalue weighted by Gasteiger charge is 2.38. The Balaban J connectivity index is 0.000000592. The van der Waals surface area contributed by atoms with Crippen LogP contribution >= 0.6 is 0 Å². The zero-order valence-electron chi connectivity index (χ0n) is 15.8. The molecule has 2 rings (SSSR count). The Kier molecular flexibility index (Phi) is 9.13. The van der Waals surface area contributed by atoms with Gasteiger partial charge >= 0.3 is 12.1 Å². The van der Waals surface area contributed by atoms with Crippen LogP contribution in [0.5, 0.6) is 0 Å². The fraction of sp³-hybridized carbons (Fsp3) is 0.158. The van der Waals surface area contributed by atoms with Crippen molar-refractivity contribution >= 4 is 29.3 Å². The molecule has 166 valence electrons. The van der Waals surface area contributed by atoms with Crippen LogP contribution in [-0.4, -0.2) is 41.6 Å². The average molecular weight is 442 g/mol. The Morgan fingerprint density at radius 2 is 1.61 bits per heavy atom. The summed E-state index contributed by atoms with van der Waals surface area (Å²) in [7, 11) is 0. The van der Waals surface area contributed by atoms with E-state index in [-0.39, 0.29) is 5.84 Å². The number of hydrogen-bond donors (Lipinski definition) is 4. The SMILES string of the molecule is NC(=O)[C@@H](NC(=O)c1ccccc1)c1cccc(N=C(N)CF)c1.O=C(O)C(F)(F)F. The van der Waals surface area contributed by atoms with Gasteiger partial charge in [0.1, 0.15) is 18.6 Å². The largest absolute Gasteiger partial charge is 0.490 e. The zero-order chi connectivity index (χ0) is 23.6. The minimum atomic E-state index is -5.08. The third kappa shape index (κ3) is 8.51. The molecular formula is C19H18F4N4O4. The Hall–Kier alpha value is -3.96. The predicted octanol–water partition coefficient (Wildman–Crippen LogP) is 2.23. The number of alkyl halides is 4. The molecule has 0 fully saturated rings. The van der Waals surface area contributed by atoms with Crippen LogP contribution < -0.4 is 16.8 Å². The summed E-state index contributed by atoms with van der Waals surface area (Å²) in [5, 5.41) is 9.70. The van der Waals surface area contributed by atoms with Gasteiger partial charge in [-0.1, -0.05) is 30.3 Å². The molecule has 2 aromatic rings. The average Bonchev–Trinajstić information content (AvgIpc) is 2.72. The number of carbonyl (C=O) groups excluding carboxylic acids is 2. The van der Waals surface area contributed by atoms with E-state index in [9.17, 15) is 27.2 Å². The van der Waals surface area contributed by atoms with E-state index in [4.69, 9.17) is 21.4 Å². The van der Waals surface area contributed by atoms with Crippen molar-refractivity contribution in [2.24, 2.45) is 16.5 Å². The van der Waals surface area contributed by atoms with Crippen molar-refractivity contribution < 1.29 is 37.1 Å². The number of aliphatic carboxylic acids is 1. The van der Waals surface area contributed by atoms with Gasteiger partial charge in [0.2, 0.25) is 5.91 Å². The maximum atomic E-state index is 12.4. The highest BCUT2D eigenvalue weighted by molar-refractivity contribution is 5.97. The number of amidine groups is 1. The van der Waals surface area contributed by atoms with Crippen molar-refractivity contribution in [3.8, 4) is 0 Å². The van der Waals surface area contributed by atoms with E-state index >= 15 is 0 Å². The molecule has 8 nitrogen and oxygen atoms in total. The standard InChI is InChI=1S/C17H17FN4O2.C2HF3O2/c18-10-14(19)21-13-8-4-7-12(9-13)15(16(20)23)22-17(24)11-5-2-1-3-6-11;3-2(4,5)1(6)7/h1-9,15H,10H2,(H2,19,21)(H2,20,23)(H,22,24);(H,6,7)/t15-;/m0./s1. The van der Waals surface area contributed by atoms with Crippen LogP contribution in [0.4, 0.5) is 23.2 Å². The molecule has 31 heavy (non-hydrogen) atoms. The van der Waals surface area contributed by atoms with Crippen LogP contribution in [-0.2, 0) is 9.59 Å². The van der Waals surface area contributed by atoms with E-state index in [2.05, 4.69) is 10.3 Å². The van der Waals surface area contributed by atoms with Crippen LogP contribution in [0.15, 0.2) is 59.6 Å². The van der Waals surface area contributed by atoms with Gasteiger partial charge in [-0.3, -0.25) is 9.59 Å². The van der Waals surface area contributed by atoms with Gasteiger partial charge in [0.15, 0.2) is 0 Å². The molecule has 0 saturated heterocycles. The maximum absolute atomic E-state index is 12.4. The second-order valence-corrected chi connectivity index (χ2v) is 5.81. The number of carboxylic acids is 1. The van der Waals surface area contributed by atoms with Crippen molar-refractivity contribution in [1.29, 1.82) is 0 Å². The molecule has 0 radical (unpaired) electrons. The minimum absolute atomic E-state index is 0.184. The molecule has 12 heteroatoms. The smallest absolute Gasteiger partial charge is 0.475 e. The quantitative estimate of drug-likeness (QED) is 0.308. The Bertz CT molecular complexity index is 949. The predicted molar refractivity (Wildman–Crippen MR) is 103 cm³/mol.